The summed E-state index contributed by atoms with van der Waals surface area (Å²) in [4.78, 5) is 13.5. The minimum absolute atomic E-state index is 0.174. The van der Waals surface area contributed by atoms with Gasteiger partial charge in [-0.3, -0.25) is 4.79 Å². The van der Waals surface area contributed by atoms with E-state index in [4.69, 9.17) is 23.2 Å². The SMILES string of the molecule is CCc1cc(-c2nnc(SCC(=O)Nc3ccc(Cl)cc3Cl)n2C)cs1. The summed E-state index contributed by atoms with van der Waals surface area (Å²) in [7, 11) is 1.90. The van der Waals surface area contributed by atoms with E-state index in [1.54, 1.807) is 29.5 Å². The number of rotatable bonds is 6. The molecule has 9 heteroatoms. The third kappa shape index (κ3) is 4.40. The van der Waals surface area contributed by atoms with Gasteiger partial charge in [0.25, 0.3) is 0 Å². The van der Waals surface area contributed by atoms with E-state index in [2.05, 4.69) is 33.9 Å². The molecule has 0 atom stereocenters. The second kappa shape index (κ2) is 8.43. The number of anilines is 1. The normalized spacial score (nSPS) is 10.9. The number of benzene rings is 1. The van der Waals surface area contributed by atoms with Crippen molar-refractivity contribution in [2.75, 3.05) is 11.1 Å². The molecule has 26 heavy (non-hydrogen) atoms. The fourth-order valence-corrected chi connectivity index (χ4v) is 4.26. The average Bonchev–Trinajstić information content (AvgIpc) is 3.22. The Hall–Kier alpha value is -1.54. The Labute approximate surface area is 169 Å². The number of thioether (sulfide) groups is 1. The Kier molecular flexibility index (Phi) is 6.24. The first kappa shape index (κ1) is 19.2. The molecule has 2 aromatic heterocycles. The molecule has 0 aliphatic heterocycles. The fourth-order valence-electron chi connectivity index (χ4n) is 2.28. The predicted octanol–water partition coefficient (Wildman–Crippen LogP) is 5.14. The molecule has 5 nitrogen and oxygen atoms in total. The number of nitrogens with one attached hydrogen (secondary N) is 1. The number of hydrogen-bond donors (Lipinski definition) is 1. The Balaban J connectivity index is 1.63. The number of halogens is 2. The van der Waals surface area contributed by atoms with Gasteiger partial charge >= 0.3 is 0 Å². The van der Waals surface area contributed by atoms with Crippen molar-refractivity contribution in [2.24, 2.45) is 7.05 Å². The van der Waals surface area contributed by atoms with Gasteiger partial charge in [0.1, 0.15) is 0 Å². The number of aromatic nitrogens is 3. The number of carbonyl (C=O) groups excluding carboxylic acids is 1. The zero-order valence-corrected chi connectivity index (χ0v) is 17.3. The number of nitrogens with zero attached hydrogens (tertiary/aromatic N) is 3. The second-order valence-corrected chi connectivity index (χ2v) is 8.26. The van der Waals surface area contributed by atoms with Crippen LogP contribution in [0, 0.1) is 0 Å². The van der Waals surface area contributed by atoms with E-state index in [-0.39, 0.29) is 11.7 Å². The monoisotopic (exact) mass is 426 g/mol. The lowest BCUT2D eigenvalue weighted by Gasteiger charge is -2.07. The third-order valence-corrected chi connectivity index (χ3v) is 6.28. The number of thiophene rings is 1. The van der Waals surface area contributed by atoms with Crippen LogP contribution in [0.15, 0.2) is 34.8 Å². The van der Waals surface area contributed by atoms with Crippen LogP contribution >= 0.6 is 46.3 Å². The molecule has 3 aromatic rings. The summed E-state index contributed by atoms with van der Waals surface area (Å²) in [6.45, 7) is 2.12. The first-order chi connectivity index (χ1) is 12.5. The molecule has 0 aliphatic carbocycles. The molecule has 0 radical (unpaired) electrons. The highest BCUT2D eigenvalue weighted by Crippen LogP contribution is 2.28. The van der Waals surface area contributed by atoms with Crippen molar-refractivity contribution in [3.63, 3.8) is 0 Å². The van der Waals surface area contributed by atoms with Crippen LogP contribution in [0.25, 0.3) is 11.4 Å². The van der Waals surface area contributed by atoms with Crippen LogP contribution in [0.4, 0.5) is 5.69 Å². The maximum Gasteiger partial charge on any atom is 0.234 e. The zero-order valence-electron chi connectivity index (χ0n) is 14.1. The molecule has 136 valence electrons. The summed E-state index contributed by atoms with van der Waals surface area (Å²) in [5.74, 6) is 0.826. The van der Waals surface area contributed by atoms with Crippen LogP contribution in [0.3, 0.4) is 0 Å². The molecule has 1 aromatic carbocycles. The van der Waals surface area contributed by atoms with Crippen molar-refractivity contribution in [3.8, 4) is 11.4 Å². The van der Waals surface area contributed by atoms with Crippen LogP contribution in [-0.2, 0) is 18.3 Å². The highest BCUT2D eigenvalue weighted by Gasteiger charge is 2.14. The molecular weight excluding hydrogens is 411 g/mol. The van der Waals surface area contributed by atoms with Crippen molar-refractivity contribution >= 4 is 57.9 Å². The summed E-state index contributed by atoms with van der Waals surface area (Å²) in [5, 5.41) is 14.9. The maximum absolute atomic E-state index is 12.2. The van der Waals surface area contributed by atoms with Crippen molar-refractivity contribution in [3.05, 3.63) is 44.6 Å². The van der Waals surface area contributed by atoms with E-state index in [1.807, 2.05) is 11.6 Å². The van der Waals surface area contributed by atoms with E-state index < -0.39 is 0 Å². The summed E-state index contributed by atoms with van der Waals surface area (Å²) in [6, 6.07) is 7.07. The molecule has 3 rings (SSSR count). The Morgan fingerprint density at radius 3 is 2.81 bits per heavy atom. The van der Waals surface area contributed by atoms with Crippen LogP contribution in [0.2, 0.25) is 10.0 Å². The molecular formula is C17H16Cl2N4OS2. The smallest absolute Gasteiger partial charge is 0.234 e. The van der Waals surface area contributed by atoms with Gasteiger partial charge in [-0.25, -0.2) is 0 Å². The second-order valence-electron chi connectivity index (χ2n) is 5.48. The summed E-state index contributed by atoms with van der Waals surface area (Å²) < 4.78 is 1.90. The molecule has 0 spiro atoms. The van der Waals surface area contributed by atoms with E-state index >= 15 is 0 Å². The molecule has 0 fully saturated rings. The largest absolute Gasteiger partial charge is 0.324 e. The van der Waals surface area contributed by atoms with Crippen LogP contribution in [0.1, 0.15) is 11.8 Å². The summed E-state index contributed by atoms with van der Waals surface area (Å²) in [6.07, 6.45) is 0.998. The molecule has 1 N–H and O–H groups in total. The van der Waals surface area contributed by atoms with Crippen molar-refractivity contribution in [1.29, 1.82) is 0 Å². The van der Waals surface area contributed by atoms with Gasteiger partial charge in [0.2, 0.25) is 5.91 Å². The van der Waals surface area contributed by atoms with Gasteiger partial charge in [-0.15, -0.1) is 21.5 Å². The lowest BCUT2D eigenvalue weighted by atomic mass is 10.2. The zero-order chi connectivity index (χ0) is 18.7. The van der Waals surface area contributed by atoms with Gasteiger partial charge in [-0.2, -0.15) is 0 Å². The fraction of sp³-hybridized carbons (Fsp3) is 0.235. The quantitative estimate of drug-likeness (QED) is 0.553. The van der Waals surface area contributed by atoms with Gasteiger partial charge < -0.3 is 9.88 Å². The molecule has 1 amide bonds. The Bertz CT molecular complexity index is 939. The Morgan fingerprint density at radius 2 is 2.12 bits per heavy atom. The lowest BCUT2D eigenvalue weighted by Crippen LogP contribution is -2.14. The van der Waals surface area contributed by atoms with Gasteiger partial charge in [-0.05, 0) is 30.7 Å². The van der Waals surface area contributed by atoms with Crippen molar-refractivity contribution < 1.29 is 4.79 Å². The standard InChI is InChI=1S/C17H16Cl2N4OS2/c1-3-12-6-10(8-25-12)16-21-22-17(23(16)2)26-9-15(24)20-14-5-4-11(18)7-13(14)19/h4-8H,3,9H2,1-2H3,(H,20,24). The molecule has 0 saturated heterocycles. The van der Waals surface area contributed by atoms with E-state index in [0.29, 0.717) is 20.9 Å². The highest BCUT2D eigenvalue weighted by atomic mass is 35.5. The molecule has 0 saturated carbocycles. The van der Waals surface area contributed by atoms with Gasteiger partial charge in [-0.1, -0.05) is 41.9 Å². The minimum atomic E-state index is -0.174. The number of hydrogen-bond acceptors (Lipinski definition) is 5. The number of amides is 1. The van der Waals surface area contributed by atoms with Crippen molar-refractivity contribution in [1.82, 2.24) is 14.8 Å². The van der Waals surface area contributed by atoms with Crippen LogP contribution < -0.4 is 5.32 Å². The minimum Gasteiger partial charge on any atom is -0.324 e. The van der Waals surface area contributed by atoms with E-state index in [9.17, 15) is 4.79 Å². The van der Waals surface area contributed by atoms with Gasteiger partial charge in [0.05, 0.1) is 16.5 Å². The molecule has 0 unspecified atom stereocenters. The first-order valence-electron chi connectivity index (χ1n) is 7.82. The van der Waals surface area contributed by atoms with Gasteiger partial charge in [0.15, 0.2) is 11.0 Å². The lowest BCUT2D eigenvalue weighted by molar-refractivity contribution is -0.113. The van der Waals surface area contributed by atoms with E-state index in [0.717, 1.165) is 17.8 Å². The topological polar surface area (TPSA) is 59.8 Å². The molecule has 2 heterocycles. The Morgan fingerprint density at radius 1 is 1.31 bits per heavy atom. The highest BCUT2D eigenvalue weighted by molar-refractivity contribution is 7.99. The van der Waals surface area contributed by atoms with Crippen LogP contribution in [-0.4, -0.2) is 26.4 Å². The first-order valence-corrected chi connectivity index (χ1v) is 10.4. The van der Waals surface area contributed by atoms with Gasteiger partial charge in [0, 0.05) is 27.9 Å². The molecule has 0 aliphatic rings. The van der Waals surface area contributed by atoms with Crippen molar-refractivity contribution in [2.45, 2.75) is 18.5 Å². The molecule has 0 bridgehead atoms. The maximum atomic E-state index is 12.2. The number of aryl methyl sites for hydroxylation is 1. The average molecular weight is 427 g/mol. The summed E-state index contributed by atoms with van der Waals surface area (Å²) in [5.41, 5.74) is 1.58. The van der Waals surface area contributed by atoms with Crippen LogP contribution in [0.5, 0.6) is 0 Å². The van der Waals surface area contributed by atoms with E-state index in [1.165, 1.54) is 16.6 Å². The predicted molar refractivity (Wildman–Crippen MR) is 110 cm³/mol. The number of carbonyl (C=O) groups is 1. The third-order valence-electron chi connectivity index (χ3n) is 3.63. The summed E-state index contributed by atoms with van der Waals surface area (Å²) >= 11 is 15.0.